The molecule has 3 heterocycles. The molecular formula is C29H34ClN3O3. The predicted molar refractivity (Wildman–Crippen MR) is 144 cm³/mol. The monoisotopic (exact) mass is 507 g/mol. The van der Waals surface area contributed by atoms with Gasteiger partial charge in [-0.05, 0) is 64.0 Å². The Morgan fingerprint density at radius 3 is 2.39 bits per heavy atom. The Hall–Kier alpha value is -2.67. The van der Waals surface area contributed by atoms with Crippen LogP contribution in [0.1, 0.15) is 48.0 Å². The number of ether oxygens (including phenoxy) is 2. The molecule has 2 saturated heterocycles. The van der Waals surface area contributed by atoms with E-state index in [1.165, 1.54) is 39.5 Å². The third-order valence-corrected chi connectivity index (χ3v) is 8.03. The topological polar surface area (TPSA) is 54.9 Å². The van der Waals surface area contributed by atoms with Gasteiger partial charge >= 0.3 is 5.97 Å². The zero-order valence-corrected chi connectivity index (χ0v) is 21.9. The number of nitrogens with zero attached hydrogens (tertiary/aromatic N) is 3. The van der Waals surface area contributed by atoms with Crippen LogP contribution in [0.3, 0.4) is 0 Å². The summed E-state index contributed by atoms with van der Waals surface area (Å²) in [7, 11) is 3.00. The Bertz CT molecular complexity index is 1220. The van der Waals surface area contributed by atoms with Gasteiger partial charge < -0.3 is 14.4 Å². The predicted octanol–water partition coefficient (Wildman–Crippen LogP) is 5.80. The number of benzene rings is 2. The molecule has 0 radical (unpaired) electrons. The van der Waals surface area contributed by atoms with Gasteiger partial charge in [-0.1, -0.05) is 48.4 Å². The van der Waals surface area contributed by atoms with Gasteiger partial charge in [0, 0.05) is 29.1 Å². The first-order valence-corrected chi connectivity index (χ1v) is 13.3. The largest absolute Gasteiger partial charge is 0.495 e. The van der Waals surface area contributed by atoms with Crippen LogP contribution in [0.15, 0.2) is 42.5 Å². The SMILES string of the molecule is COC(=O)c1c(CN2CCC(N3CCCCC3)CC2)c(-c2ccccc2)nc2c(Cl)c(OC)ccc12. The summed E-state index contributed by atoms with van der Waals surface area (Å²) < 4.78 is 10.7. The average molecular weight is 508 g/mol. The molecule has 1 aromatic heterocycles. The van der Waals surface area contributed by atoms with E-state index in [1.54, 1.807) is 13.2 Å². The van der Waals surface area contributed by atoms with Gasteiger partial charge in [0.1, 0.15) is 10.8 Å². The van der Waals surface area contributed by atoms with Gasteiger partial charge in [-0.3, -0.25) is 4.90 Å². The van der Waals surface area contributed by atoms with Gasteiger partial charge in [-0.2, -0.15) is 0 Å². The fraction of sp³-hybridized carbons (Fsp3) is 0.448. The molecule has 0 N–H and O–H groups in total. The highest BCUT2D eigenvalue weighted by Crippen LogP contribution is 2.38. The molecule has 2 fully saturated rings. The van der Waals surface area contributed by atoms with E-state index in [-0.39, 0.29) is 5.97 Å². The van der Waals surface area contributed by atoms with Crippen LogP contribution < -0.4 is 4.74 Å². The van der Waals surface area contributed by atoms with Crippen LogP contribution in [-0.2, 0) is 11.3 Å². The molecule has 2 aliphatic rings. The first-order valence-electron chi connectivity index (χ1n) is 12.9. The number of aromatic nitrogens is 1. The second-order valence-corrected chi connectivity index (χ2v) is 10.1. The van der Waals surface area contributed by atoms with Crippen molar-refractivity contribution in [3.63, 3.8) is 0 Å². The highest BCUT2D eigenvalue weighted by Gasteiger charge is 2.29. The van der Waals surface area contributed by atoms with Gasteiger partial charge in [0.05, 0.1) is 31.0 Å². The van der Waals surface area contributed by atoms with E-state index in [9.17, 15) is 4.79 Å². The minimum Gasteiger partial charge on any atom is -0.495 e. The van der Waals surface area contributed by atoms with Crippen molar-refractivity contribution in [3.8, 4) is 17.0 Å². The number of pyridine rings is 1. The van der Waals surface area contributed by atoms with E-state index in [4.69, 9.17) is 26.1 Å². The number of likely N-dealkylation sites (tertiary alicyclic amines) is 2. The number of methoxy groups -OCH3 is 2. The zero-order chi connectivity index (χ0) is 25.1. The van der Waals surface area contributed by atoms with E-state index >= 15 is 0 Å². The average Bonchev–Trinajstić information content (AvgIpc) is 2.94. The van der Waals surface area contributed by atoms with Crippen LogP contribution >= 0.6 is 11.6 Å². The highest BCUT2D eigenvalue weighted by atomic mass is 35.5. The lowest BCUT2D eigenvalue weighted by Crippen LogP contribution is -2.46. The lowest BCUT2D eigenvalue weighted by molar-refractivity contribution is 0.0598. The van der Waals surface area contributed by atoms with Gasteiger partial charge in [0.2, 0.25) is 0 Å². The van der Waals surface area contributed by atoms with E-state index in [1.807, 2.05) is 36.4 Å². The summed E-state index contributed by atoms with van der Waals surface area (Å²) in [4.78, 5) is 23.4. The number of fused-ring (bicyclic) bond motifs is 1. The molecule has 2 aromatic carbocycles. The third-order valence-electron chi connectivity index (χ3n) is 7.66. The van der Waals surface area contributed by atoms with Crippen molar-refractivity contribution < 1.29 is 14.3 Å². The molecule has 0 bridgehead atoms. The lowest BCUT2D eigenvalue weighted by Gasteiger charge is -2.40. The molecule has 190 valence electrons. The van der Waals surface area contributed by atoms with Gasteiger partial charge in [-0.15, -0.1) is 0 Å². The Labute approximate surface area is 218 Å². The van der Waals surface area contributed by atoms with E-state index in [2.05, 4.69) is 9.80 Å². The smallest absolute Gasteiger partial charge is 0.338 e. The second-order valence-electron chi connectivity index (χ2n) is 9.75. The molecule has 7 heteroatoms. The van der Waals surface area contributed by atoms with Crippen LogP contribution in [0, 0.1) is 0 Å². The molecule has 2 aliphatic heterocycles. The van der Waals surface area contributed by atoms with Crippen molar-refractivity contribution in [2.45, 2.75) is 44.7 Å². The fourth-order valence-electron chi connectivity index (χ4n) is 5.75. The minimum atomic E-state index is -0.376. The Kier molecular flexibility index (Phi) is 7.75. The Morgan fingerprint density at radius 2 is 1.72 bits per heavy atom. The standard InChI is InChI=1S/C29H34ClN3O3/c1-35-24-12-11-22-25(29(34)36-2)23(27(31-28(22)26(24)30)20-9-5-3-6-10-20)19-32-17-13-21(14-18-32)33-15-7-4-8-16-33/h3,5-6,9-12,21H,4,7-8,13-19H2,1-2H3. The van der Waals surface area contributed by atoms with E-state index in [0.29, 0.717) is 39.8 Å². The third kappa shape index (κ3) is 4.95. The number of rotatable bonds is 6. The number of carbonyl (C=O) groups is 1. The quantitative estimate of drug-likeness (QED) is 0.393. The number of halogens is 1. The maximum Gasteiger partial charge on any atom is 0.338 e. The number of esters is 1. The number of hydrogen-bond donors (Lipinski definition) is 0. The number of piperidine rings is 2. The van der Waals surface area contributed by atoms with E-state index < -0.39 is 0 Å². The fourth-order valence-corrected chi connectivity index (χ4v) is 6.03. The summed E-state index contributed by atoms with van der Waals surface area (Å²) >= 11 is 6.70. The summed E-state index contributed by atoms with van der Waals surface area (Å²) in [6.45, 7) is 5.09. The van der Waals surface area contributed by atoms with Crippen molar-refractivity contribution >= 4 is 28.5 Å². The number of carbonyl (C=O) groups excluding carboxylic acids is 1. The molecule has 0 aliphatic carbocycles. The summed E-state index contributed by atoms with van der Waals surface area (Å²) in [5, 5.41) is 1.08. The molecule has 0 saturated carbocycles. The first kappa shape index (κ1) is 25.0. The molecule has 0 amide bonds. The molecule has 3 aromatic rings. The Balaban J connectivity index is 1.55. The van der Waals surface area contributed by atoms with Gasteiger partial charge in [0.25, 0.3) is 0 Å². The molecular weight excluding hydrogens is 474 g/mol. The van der Waals surface area contributed by atoms with Crippen LogP contribution in [-0.4, -0.2) is 67.2 Å². The number of hydrogen-bond acceptors (Lipinski definition) is 6. The normalized spacial score (nSPS) is 17.9. The van der Waals surface area contributed by atoms with E-state index in [0.717, 1.165) is 42.8 Å². The van der Waals surface area contributed by atoms with Crippen LogP contribution in [0.2, 0.25) is 5.02 Å². The second kappa shape index (κ2) is 11.2. The molecule has 36 heavy (non-hydrogen) atoms. The summed E-state index contributed by atoms with van der Waals surface area (Å²) in [5.74, 6) is 0.151. The molecule has 0 atom stereocenters. The minimum absolute atomic E-state index is 0.376. The van der Waals surface area contributed by atoms with Crippen LogP contribution in [0.5, 0.6) is 5.75 Å². The van der Waals surface area contributed by atoms with Crippen molar-refractivity contribution in [1.29, 1.82) is 0 Å². The molecule has 5 rings (SSSR count). The van der Waals surface area contributed by atoms with Crippen LogP contribution in [0.25, 0.3) is 22.2 Å². The van der Waals surface area contributed by atoms with Crippen molar-refractivity contribution in [2.24, 2.45) is 0 Å². The van der Waals surface area contributed by atoms with Crippen LogP contribution in [0.4, 0.5) is 0 Å². The van der Waals surface area contributed by atoms with Gasteiger partial charge in [-0.25, -0.2) is 9.78 Å². The zero-order valence-electron chi connectivity index (χ0n) is 21.1. The summed E-state index contributed by atoms with van der Waals surface area (Å²) in [5.41, 5.74) is 3.67. The summed E-state index contributed by atoms with van der Waals surface area (Å²) in [6, 6.07) is 14.3. The molecule has 6 nitrogen and oxygen atoms in total. The highest BCUT2D eigenvalue weighted by molar-refractivity contribution is 6.37. The maximum absolute atomic E-state index is 13.2. The van der Waals surface area contributed by atoms with Gasteiger partial charge in [0.15, 0.2) is 0 Å². The molecule has 0 unspecified atom stereocenters. The van der Waals surface area contributed by atoms with Crippen molar-refractivity contribution in [1.82, 2.24) is 14.8 Å². The van der Waals surface area contributed by atoms with Crippen molar-refractivity contribution in [3.05, 3.63) is 58.6 Å². The summed E-state index contributed by atoms with van der Waals surface area (Å²) in [6.07, 6.45) is 6.30. The van der Waals surface area contributed by atoms with Crippen molar-refractivity contribution in [2.75, 3.05) is 40.4 Å². The lowest BCUT2D eigenvalue weighted by atomic mass is 9.94. The molecule has 0 spiro atoms. The maximum atomic E-state index is 13.2. The first-order chi connectivity index (χ1) is 17.6. The Morgan fingerprint density at radius 1 is 1.00 bits per heavy atom.